The molecule has 4 heterocycles. The van der Waals surface area contributed by atoms with Crippen molar-refractivity contribution in [3.05, 3.63) is 40.3 Å². The van der Waals surface area contributed by atoms with Gasteiger partial charge in [-0.15, -0.1) is 0 Å². The number of ether oxygens (including phenoxy) is 2. The number of aryl methyl sites for hydroxylation is 1. The number of amides is 1. The highest BCUT2D eigenvalue weighted by atomic mass is 79.9. The fraction of sp³-hybridized carbons (Fsp3) is 0.581. The van der Waals surface area contributed by atoms with Gasteiger partial charge in [-0.3, -0.25) is 0 Å². The van der Waals surface area contributed by atoms with Crippen LogP contribution in [0.15, 0.2) is 28.9 Å². The van der Waals surface area contributed by atoms with E-state index in [-0.39, 0.29) is 0 Å². The summed E-state index contributed by atoms with van der Waals surface area (Å²) in [6, 6.07) is 7.70. The van der Waals surface area contributed by atoms with E-state index in [1.54, 1.807) is 10.7 Å². The lowest BCUT2D eigenvalue weighted by Crippen LogP contribution is -2.37. The molecule has 4 aromatic rings. The summed E-state index contributed by atoms with van der Waals surface area (Å²) in [7, 11) is -1.11. The van der Waals surface area contributed by atoms with Crippen molar-refractivity contribution in [2.24, 2.45) is 0 Å². The summed E-state index contributed by atoms with van der Waals surface area (Å²) in [5, 5.41) is 10.9. The zero-order valence-corrected chi connectivity index (χ0v) is 29.9. The highest BCUT2D eigenvalue weighted by Gasteiger charge is 2.20. The fourth-order valence-electron chi connectivity index (χ4n) is 5.33. The molecule has 0 bridgehead atoms. The number of imidazole rings is 1. The quantitative estimate of drug-likeness (QED) is 0.138. The van der Waals surface area contributed by atoms with Crippen molar-refractivity contribution >= 4 is 58.7 Å². The smallest absolute Gasteiger partial charge is 0.407 e. The van der Waals surface area contributed by atoms with E-state index in [1.807, 2.05) is 20.8 Å². The van der Waals surface area contributed by atoms with Crippen molar-refractivity contribution in [2.75, 3.05) is 43.1 Å². The number of carbonyl (C=O) groups is 1. The van der Waals surface area contributed by atoms with Crippen LogP contribution in [0.4, 0.5) is 16.7 Å². The van der Waals surface area contributed by atoms with E-state index in [1.165, 1.54) is 12.5 Å². The Kier molecular flexibility index (Phi) is 10.3. The van der Waals surface area contributed by atoms with Gasteiger partial charge in [-0.2, -0.15) is 19.6 Å². The summed E-state index contributed by atoms with van der Waals surface area (Å²) in [6.07, 6.45) is 4.32. The van der Waals surface area contributed by atoms with Crippen LogP contribution in [-0.2, 0) is 29.0 Å². The maximum atomic E-state index is 12.1. The van der Waals surface area contributed by atoms with E-state index in [0.29, 0.717) is 50.3 Å². The van der Waals surface area contributed by atoms with E-state index >= 15 is 0 Å². The number of hydrogen-bond acceptors (Lipinski definition) is 9. The molecule has 0 spiro atoms. The Morgan fingerprint density at radius 2 is 1.89 bits per heavy atom. The lowest BCUT2D eigenvalue weighted by Gasteiger charge is -2.27. The van der Waals surface area contributed by atoms with Crippen LogP contribution in [0.5, 0.6) is 0 Å². The second-order valence-corrected chi connectivity index (χ2v) is 20.2. The van der Waals surface area contributed by atoms with Crippen LogP contribution in [0.1, 0.15) is 45.0 Å². The molecular weight excluding hydrogens is 654 g/mol. The molecule has 3 aromatic heterocycles. The number of unbranched alkanes of at least 4 members (excludes halogenated alkanes) is 1. The molecule has 5 rings (SSSR count). The minimum Gasteiger partial charge on any atom is -0.444 e. The Bertz CT molecular complexity index is 1620. The van der Waals surface area contributed by atoms with Gasteiger partial charge in [0.2, 0.25) is 11.9 Å². The van der Waals surface area contributed by atoms with Crippen molar-refractivity contribution < 1.29 is 14.3 Å². The minimum atomic E-state index is -1.11. The molecule has 1 aromatic carbocycles. The molecule has 12 nitrogen and oxygen atoms in total. The lowest BCUT2D eigenvalue weighted by atomic mass is 10.1. The number of nitrogens with zero attached hydrogens (tertiary/aromatic N) is 7. The van der Waals surface area contributed by atoms with E-state index in [2.05, 4.69) is 79.0 Å². The average molecular weight is 701 g/mol. The fourth-order valence-corrected chi connectivity index (χ4v) is 6.99. The molecule has 1 fully saturated rings. The monoisotopic (exact) mass is 699 g/mol. The van der Waals surface area contributed by atoms with E-state index in [4.69, 9.17) is 24.4 Å². The maximum absolute atomic E-state index is 12.1. The Labute approximate surface area is 274 Å². The third-order valence-corrected chi connectivity index (χ3v) is 9.96. The SMILES string of the molecule is CC(C)(C)OC(=O)NCCc1ccc2c(c1)nc(CNc1nc(N3CCOCC3)nc3c(Br)cnn13)n2CCCC[Si](C)(C)C. The van der Waals surface area contributed by atoms with Gasteiger partial charge in [-0.1, -0.05) is 38.2 Å². The van der Waals surface area contributed by atoms with E-state index in [0.717, 1.165) is 52.9 Å². The van der Waals surface area contributed by atoms with Crippen molar-refractivity contribution in [3.8, 4) is 0 Å². The van der Waals surface area contributed by atoms with Crippen molar-refractivity contribution in [3.63, 3.8) is 0 Å². The number of fused-ring (bicyclic) bond motifs is 2. The Morgan fingerprint density at radius 1 is 1.11 bits per heavy atom. The van der Waals surface area contributed by atoms with Crippen LogP contribution < -0.4 is 15.5 Å². The average Bonchev–Trinajstić information content (AvgIpc) is 3.52. The summed E-state index contributed by atoms with van der Waals surface area (Å²) in [6.45, 7) is 17.5. The highest BCUT2D eigenvalue weighted by Crippen LogP contribution is 2.24. The van der Waals surface area contributed by atoms with Gasteiger partial charge in [0, 0.05) is 34.3 Å². The Hall–Kier alpha value is -3.23. The number of hydrogen-bond donors (Lipinski definition) is 2. The molecule has 0 atom stereocenters. The second-order valence-electron chi connectivity index (χ2n) is 13.7. The number of morpholine rings is 1. The predicted octanol–water partition coefficient (Wildman–Crippen LogP) is 5.87. The highest BCUT2D eigenvalue weighted by molar-refractivity contribution is 9.10. The van der Waals surface area contributed by atoms with Crippen LogP contribution in [0.3, 0.4) is 0 Å². The zero-order valence-electron chi connectivity index (χ0n) is 27.3. The number of rotatable bonds is 12. The van der Waals surface area contributed by atoms with Crippen LogP contribution in [0.2, 0.25) is 25.7 Å². The molecule has 244 valence electrons. The summed E-state index contributed by atoms with van der Waals surface area (Å²) >= 11 is 3.60. The van der Waals surface area contributed by atoms with Gasteiger partial charge in [0.15, 0.2) is 5.65 Å². The number of alkyl carbamates (subject to hydrolysis) is 1. The van der Waals surface area contributed by atoms with E-state index in [9.17, 15) is 4.79 Å². The molecule has 2 N–H and O–H groups in total. The molecule has 0 saturated carbocycles. The number of carbonyl (C=O) groups excluding carboxylic acids is 1. The first-order valence-corrected chi connectivity index (χ1v) is 20.3. The second kappa shape index (κ2) is 14.0. The molecule has 1 aliphatic heterocycles. The van der Waals surface area contributed by atoms with Crippen LogP contribution in [0, 0.1) is 0 Å². The van der Waals surface area contributed by atoms with Crippen molar-refractivity contribution in [1.29, 1.82) is 0 Å². The standard InChI is InChI=1S/C31H46BrN9O3Si/c1-31(2,3)44-30(42)33-12-11-22-9-10-25-24(19-22)36-26(40(25)13-7-8-18-45(4,5)6)21-34-28-38-29(39-14-16-43-17-15-39)37-27-23(32)20-35-41(27)28/h9-10,19-20H,7-8,11-18,21H2,1-6H3,(H,33,42)(H,34,37,38). The van der Waals surface area contributed by atoms with Gasteiger partial charge in [0.1, 0.15) is 11.4 Å². The maximum Gasteiger partial charge on any atom is 0.407 e. The molecule has 1 aliphatic rings. The van der Waals surface area contributed by atoms with Crippen molar-refractivity contribution in [1.82, 2.24) is 34.4 Å². The molecule has 1 amide bonds. The topological polar surface area (TPSA) is 124 Å². The van der Waals surface area contributed by atoms with Gasteiger partial charge in [0.25, 0.3) is 0 Å². The number of benzene rings is 1. The number of anilines is 2. The normalized spacial score (nSPS) is 14.3. The number of halogens is 1. The van der Waals surface area contributed by atoms with E-state index < -0.39 is 19.8 Å². The Balaban J connectivity index is 1.37. The summed E-state index contributed by atoms with van der Waals surface area (Å²) in [4.78, 5) is 29.0. The van der Waals surface area contributed by atoms with Crippen LogP contribution >= 0.6 is 15.9 Å². The van der Waals surface area contributed by atoms with Crippen LogP contribution in [0.25, 0.3) is 16.7 Å². The van der Waals surface area contributed by atoms with Gasteiger partial charge >= 0.3 is 6.09 Å². The lowest BCUT2D eigenvalue weighted by molar-refractivity contribution is 0.0528. The van der Waals surface area contributed by atoms with Crippen molar-refractivity contribution in [2.45, 2.75) is 84.4 Å². The molecule has 1 saturated heterocycles. The first-order chi connectivity index (χ1) is 21.4. The third-order valence-electron chi connectivity index (χ3n) is 7.54. The number of nitrogens with one attached hydrogen (secondary N) is 2. The van der Waals surface area contributed by atoms with Gasteiger partial charge in [-0.25, -0.2) is 9.78 Å². The van der Waals surface area contributed by atoms with Gasteiger partial charge < -0.3 is 29.6 Å². The molecule has 14 heteroatoms. The van der Waals surface area contributed by atoms with Gasteiger partial charge in [-0.05, 0) is 67.2 Å². The third kappa shape index (κ3) is 8.94. The summed E-state index contributed by atoms with van der Waals surface area (Å²) < 4.78 is 15.8. The minimum absolute atomic E-state index is 0.403. The molecule has 0 radical (unpaired) electrons. The van der Waals surface area contributed by atoms with Gasteiger partial charge in [0.05, 0.1) is 41.5 Å². The first kappa shape index (κ1) is 33.1. The predicted molar refractivity (Wildman–Crippen MR) is 184 cm³/mol. The summed E-state index contributed by atoms with van der Waals surface area (Å²) in [5.41, 5.74) is 3.34. The van der Waals surface area contributed by atoms with Crippen LogP contribution in [-0.4, -0.2) is 81.7 Å². The Morgan fingerprint density at radius 3 is 2.62 bits per heavy atom. The first-order valence-electron chi connectivity index (χ1n) is 15.8. The summed E-state index contributed by atoms with van der Waals surface area (Å²) in [5.74, 6) is 2.20. The molecule has 0 unspecified atom stereocenters. The molecule has 45 heavy (non-hydrogen) atoms. The number of aromatic nitrogens is 6. The molecular formula is C31H46BrN9O3Si. The zero-order chi connectivity index (χ0) is 32.2. The molecule has 0 aliphatic carbocycles. The largest absolute Gasteiger partial charge is 0.444 e.